The van der Waals surface area contributed by atoms with Crippen LogP contribution >= 0.6 is 0 Å². The van der Waals surface area contributed by atoms with E-state index in [-0.39, 0.29) is 12.5 Å². The minimum atomic E-state index is -0.399. The highest BCUT2D eigenvalue weighted by Gasteiger charge is 2.28. The van der Waals surface area contributed by atoms with E-state index < -0.39 is 6.04 Å². The summed E-state index contributed by atoms with van der Waals surface area (Å²) >= 11 is 0. The van der Waals surface area contributed by atoms with Crippen LogP contribution in [-0.2, 0) is 9.53 Å². The second-order valence-electron chi connectivity index (χ2n) is 3.02. The van der Waals surface area contributed by atoms with Crippen LogP contribution in [0.1, 0.15) is 0 Å². The first-order valence-electron chi connectivity index (χ1n) is 4.41. The zero-order chi connectivity index (χ0) is 9.68. The first-order chi connectivity index (χ1) is 6.29. The third kappa shape index (κ3) is 2.65. The number of amides is 1. The van der Waals surface area contributed by atoms with Gasteiger partial charge >= 0.3 is 0 Å². The number of hydrogen-bond acceptors (Lipinski definition) is 4. The molecule has 1 aliphatic heterocycles. The summed E-state index contributed by atoms with van der Waals surface area (Å²) in [7, 11) is 1.62. The molecular formula is C8H16N2O3. The SMILES string of the molecule is COCCN1CCNC(=O)C1CO. The van der Waals surface area contributed by atoms with Crippen LogP contribution in [0.4, 0.5) is 0 Å². The first-order valence-corrected chi connectivity index (χ1v) is 4.41. The largest absolute Gasteiger partial charge is 0.394 e. The maximum absolute atomic E-state index is 11.2. The molecule has 0 aromatic heterocycles. The molecule has 1 saturated heterocycles. The van der Waals surface area contributed by atoms with Gasteiger partial charge in [0.2, 0.25) is 5.91 Å². The molecule has 5 nitrogen and oxygen atoms in total. The van der Waals surface area contributed by atoms with Crippen molar-refractivity contribution < 1.29 is 14.6 Å². The van der Waals surface area contributed by atoms with Crippen LogP contribution in [0.15, 0.2) is 0 Å². The Morgan fingerprint density at radius 2 is 2.54 bits per heavy atom. The fourth-order valence-electron chi connectivity index (χ4n) is 1.44. The summed E-state index contributed by atoms with van der Waals surface area (Å²) < 4.78 is 4.92. The highest BCUT2D eigenvalue weighted by atomic mass is 16.5. The van der Waals surface area contributed by atoms with Gasteiger partial charge in [-0.05, 0) is 0 Å². The van der Waals surface area contributed by atoms with Gasteiger partial charge in [0.1, 0.15) is 6.04 Å². The molecule has 0 aromatic rings. The Balaban J connectivity index is 2.44. The van der Waals surface area contributed by atoms with E-state index in [0.29, 0.717) is 19.7 Å². The number of carbonyl (C=O) groups excluding carboxylic acids is 1. The Kier molecular flexibility index (Phi) is 4.14. The number of methoxy groups -OCH3 is 1. The molecule has 1 aliphatic rings. The van der Waals surface area contributed by atoms with E-state index in [1.54, 1.807) is 7.11 Å². The molecule has 76 valence electrons. The molecule has 0 saturated carbocycles. The lowest BCUT2D eigenvalue weighted by Gasteiger charge is -2.33. The normalized spacial score (nSPS) is 24.5. The number of ether oxygens (including phenoxy) is 1. The van der Waals surface area contributed by atoms with Gasteiger partial charge in [-0.1, -0.05) is 0 Å². The van der Waals surface area contributed by atoms with E-state index in [2.05, 4.69) is 5.32 Å². The molecule has 1 rings (SSSR count). The van der Waals surface area contributed by atoms with Gasteiger partial charge in [0.15, 0.2) is 0 Å². The summed E-state index contributed by atoms with van der Waals surface area (Å²) in [4.78, 5) is 13.2. The van der Waals surface area contributed by atoms with Crippen LogP contribution < -0.4 is 5.32 Å². The molecule has 1 unspecified atom stereocenters. The quantitative estimate of drug-likeness (QED) is 0.559. The molecule has 0 spiro atoms. The van der Waals surface area contributed by atoms with E-state index in [0.717, 1.165) is 6.54 Å². The van der Waals surface area contributed by atoms with Crippen LogP contribution in [-0.4, -0.2) is 61.9 Å². The summed E-state index contributed by atoms with van der Waals surface area (Å²) in [6.45, 7) is 2.58. The van der Waals surface area contributed by atoms with E-state index in [1.165, 1.54) is 0 Å². The summed E-state index contributed by atoms with van der Waals surface area (Å²) in [5.41, 5.74) is 0. The topological polar surface area (TPSA) is 61.8 Å². The zero-order valence-electron chi connectivity index (χ0n) is 7.82. The molecule has 0 bridgehead atoms. The number of rotatable bonds is 4. The molecule has 13 heavy (non-hydrogen) atoms. The van der Waals surface area contributed by atoms with E-state index in [9.17, 15) is 4.79 Å². The fourth-order valence-corrected chi connectivity index (χ4v) is 1.44. The smallest absolute Gasteiger partial charge is 0.239 e. The van der Waals surface area contributed by atoms with Crippen molar-refractivity contribution in [2.75, 3.05) is 40.0 Å². The number of nitrogens with zero attached hydrogens (tertiary/aromatic N) is 1. The van der Waals surface area contributed by atoms with E-state index >= 15 is 0 Å². The van der Waals surface area contributed by atoms with Gasteiger partial charge in [-0.3, -0.25) is 9.69 Å². The molecule has 5 heteroatoms. The zero-order valence-corrected chi connectivity index (χ0v) is 7.82. The Labute approximate surface area is 77.7 Å². The average Bonchev–Trinajstić information content (AvgIpc) is 2.15. The van der Waals surface area contributed by atoms with Gasteiger partial charge in [0.25, 0.3) is 0 Å². The van der Waals surface area contributed by atoms with Gasteiger partial charge in [0.05, 0.1) is 13.2 Å². The van der Waals surface area contributed by atoms with Crippen molar-refractivity contribution >= 4 is 5.91 Å². The molecular weight excluding hydrogens is 172 g/mol. The number of carbonyl (C=O) groups is 1. The van der Waals surface area contributed by atoms with E-state index in [4.69, 9.17) is 9.84 Å². The van der Waals surface area contributed by atoms with Crippen LogP contribution in [0.25, 0.3) is 0 Å². The van der Waals surface area contributed by atoms with Crippen molar-refractivity contribution in [3.05, 3.63) is 0 Å². The molecule has 1 atom stereocenters. The minimum absolute atomic E-state index is 0.0927. The Bertz CT molecular complexity index is 175. The fraction of sp³-hybridized carbons (Fsp3) is 0.875. The molecule has 2 N–H and O–H groups in total. The number of aliphatic hydroxyl groups excluding tert-OH is 1. The third-order valence-corrected chi connectivity index (χ3v) is 2.20. The number of hydrogen-bond donors (Lipinski definition) is 2. The third-order valence-electron chi connectivity index (χ3n) is 2.20. The summed E-state index contributed by atoms with van der Waals surface area (Å²) in [5, 5.41) is 11.7. The van der Waals surface area contributed by atoms with Crippen molar-refractivity contribution in [1.82, 2.24) is 10.2 Å². The van der Waals surface area contributed by atoms with Gasteiger partial charge < -0.3 is 15.2 Å². The van der Waals surface area contributed by atoms with Crippen molar-refractivity contribution in [3.63, 3.8) is 0 Å². The second-order valence-corrected chi connectivity index (χ2v) is 3.02. The molecule has 0 radical (unpaired) electrons. The number of piperazine rings is 1. The lowest BCUT2D eigenvalue weighted by Crippen LogP contribution is -2.57. The highest BCUT2D eigenvalue weighted by molar-refractivity contribution is 5.82. The maximum atomic E-state index is 11.2. The summed E-state index contributed by atoms with van der Waals surface area (Å²) in [5.74, 6) is -0.0927. The van der Waals surface area contributed by atoms with Gasteiger partial charge in [-0.15, -0.1) is 0 Å². The highest BCUT2D eigenvalue weighted by Crippen LogP contribution is 2.02. The van der Waals surface area contributed by atoms with Gasteiger partial charge in [-0.25, -0.2) is 0 Å². The van der Waals surface area contributed by atoms with Crippen molar-refractivity contribution in [3.8, 4) is 0 Å². The summed E-state index contributed by atoms with van der Waals surface area (Å²) in [6.07, 6.45) is 0. The molecule has 0 aromatic carbocycles. The Morgan fingerprint density at radius 3 is 3.15 bits per heavy atom. The van der Waals surface area contributed by atoms with Crippen LogP contribution in [0, 0.1) is 0 Å². The van der Waals surface area contributed by atoms with Gasteiger partial charge in [-0.2, -0.15) is 0 Å². The van der Waals surface area contributed by atoms with Crippen LogP contribution in [0.3, 0.4) is 0 Å². The Morgan fingerprint density at radius 1 is 1.77 bits per heavy atom. The van der Waals surface area contributed by atoms with Crippen molar-refractivity contribution in [1.29, 1.82) is 0 Å². The van der Waals surface area contributed by atoms with Crippen LogP contribution in [0.2, 0.25) is 0 Å². The van der Waals surface area contributed by atoms with Gasteiger partial charge in [0, 0.05) is 26.7 Å². The lowest BCUT2D eigenvalue weighted by molar-refractivity contribution is -0.130. The van der Waals surface area contributed by atoms with Crippen molar-refractivity contribution in [2.45, 2.75) is 6.04 Å². The molecule has 1 amide bonds. The average molecular weight is 188 g/mol. The maximum Gasteiger partial charge on any atom is 0.239 e. The number of aliphatic hydroxyl groups is 1. The minimum Gasteiger partial charge on any atom is -0.394 e. The molecule has 1 fully saturated rings. The monoisotopic (exact) mass is 188 g/mol. The molecule has 0 aliphatic carbocycles. The standard InChI is InChI=1S/C8H16N2O3/c1-13-5-4-10-3-2-9-8(12)7(10)6-11/h7,11H,2-6H2,1H3,(H,9,12). The van der Waals surface area contributed by atoms with Crippen molar-refractivity contribution in [2.24, 2.45) is 0 Å². The van der Waals surface area contributed by atoms with E-state index in [1.807, 2.05) is 4.90 Å². The number of nitrogens with one attached hydrogen (secondary N) is 1. The lowest BCUT2D eigenvalue weighted by atomic mass is 10.2. The Hall–Kier alpha value is -0.650. The molecule has 1 heterocycles. The second kappa shape index (κ2) is 5.16. The summed E-state index contributed by atoms with van der Waals surface area (Å²) in [6, 6.07) is -0.399. The predicted molar refractivity (Wildman–Crippen MR) is 47.3 cm³/mol. The predicted octanol–water partition coefficient (Wildman–Crippen LogP) is -1.57. The first kappa shape index (κ1) is 10.4. The van der Waals surface area contributed by atoms with Crippen LogP contribution in [0.5, 0.6) is 0 Å².